The minimum Gasteiger partial charge on any atom is -0.431 e. The van der Waals surface area contributed by atoms with Crippen molar-refractivity contribution in [3.05, 3.63) is 42.0 Å². The molecule has 0 bridgehead atoms. The van der Waals surface area contributed by atoms with Crippen LogP contribution in [0.4, 0.5) is 16.1 Å². The molecule has 0 unspecified atom stereocenters. The molecule has 1 heterocycles. The molecular formula is C16H22FN3O. The van der Waals surface area contributed by atoms with Gasteiger partial charge in [0.05, 0.1) is 11.4 Å². The van der Waals surface area contributed by atoms with Crippen molar-refractivity contribution in [2.24, 2.45) is 5.92 Å². The van der Waals surface area contributed by atoms with E-state index in [9.17, 15) is 4.39 Å². The highest BCUT2D eigenvalue weighted by molar-refractivity contribution is 5.56. The van der Waals surface area contributed by atoms with E-state index in [1.807, 2.05) is 6.92 Å². The van der Waals surface area contributed by atoms with Crippen LogP contribution in [0.5, 0.6) is 0 Å². The molecule has 0 saturated heterocycles. The number of para-hydroxylation sites is 1. The van der Waals surface area contributed by atoms with Gasteiger partial charge >= 0.3 is 6.01 Å². The van der Waals surface area contributed by atoms with Crippen LogP contribution in [0.15, 0.2) is 34.9 Å². The second kappa shape index (κ2) is 7.22. The lowest BCUT2D eigenvalue weighted by Gasteiger charge is -2.18. The van der Waals surface area contributed by atoms with E-state index in [-0.39, 0.29) is 5.82 Å². The Kier molecular flexibility index (Phi) is 5.33. The lowest BCUT2D eigenvalue weighted by atomic mass is 10.2. The van der Waals surface area contributed by atoms with E-state index in [4.69, 9.17) is 4.42 Å². The maximum atomic E-state index is 13.9. The molecule has 2 aromatic rings. The van der Waals surface area contributed by atoms with E-state index in [1.54, 1.807) is 29.4 Å². The molecule has 21 heavy (non-hydrogen) atoms. The highest BCUT2D eigenvalue weighted by Crippen LogP contribution is 2.26. The van der Waals surface area contributed by atoms with Gasteiger partial charge in [-0.1, -0.05) is 26.0 Å². The third kappa shape index (κ3) is 4.04. The number of nitrogens with zero attached hydrogens (tertiary/aromatic N) is 2. The number of anilines is 2. The molecule has 5 heteroatoms. The van der Waals surface area contributed by atoms with Gasteiger partial charge < -0.3 is 9.73 Å². The molecule has 1 aromatic carbocycles. The number of aromatic nitrogens is 1. The topological polar surface area (TPSA) is 41.3 Å². The first kappa shape index (κ1) is 15.5. The molecule has 114 valence electrons. The maximum absolute atomic E-state index is 13.9. The van der Waals surface area contributed by atoms with Crippen molar-refractivity contribution < 1.29 is 8.81 Å². The van der Waals surface area contributed by atoms with Crippen LogP contribution in [-0.4, -0.2) is 18.1 Å². The van der Waals surface area contributed by atoms with Gasteiger partial charge in [0, 0.05) is 13.1 Å². The third-order valence-corrected chi connectivity index (χ3v) is 3.09. The minimum atomic E-state index is -0.281. The first-order valence-corrected chi connectivity index (χ1v) is 7.29. The van der Waals surface area contributed by atoms with E-state index in [0.29, 0.717) is 30.7 Å². The standard InChI is InChI=1S/C16H22FN3O/c1-4-20(15-8-6-5-7-14(15)17)16-19-13(11-21-16)10-18-9-12(2)3/h5-8,11-12,18H,4,9-10H2,1-3H3. The molecule has 2 rings (SSSR count). The molecule has 0 aliphatic rings. The summed E-state index contributed by atoms with van der Waals surface area (Å²) in [6.45, 7) is 8.40. The number of nitrogens with one attached hydrogen (secondary N) is 1. The lowest BCUT2D eigenvalue weighted by Crippen LogP contribution is -2.20. The van der Waals surface area contributed by atoms with Crippen molar-refractivity contribution in [3.8, 4) is 0 Å². The second-order valence-corrected chi connectivity index (χ2v) is 5.34. The largest absolute Gasteiger partial charge is 0.431 e. The zero-order valence-corrected chi connectivity index (χ0v) is 12.8. The van der Waals surface area contributed by atoms with Crippen molar-refractivity contribution >= 4 is 11.7 Å². The van der Waals surface area contributed by atoms with Crippen LogP contribution in [-0.2, 0) is 6.54 Å². The number of benzene rings is 1. The molecule has 0 spiro atoms. The Morgan fingerprint density at radius 1 is 1.33 bits per heavy atom. The number of oxazole rings is 1. The van der Waals surface area contributed by atoms with E-state index in [2.05, 4.69) is 24.1 Å². The Morgan fingerprint density at radius 2 is 2.10 bits per heavy atom. The van der Waals surface area contributed by atoms with E-state index in [1.165, 1.54) is 6.07 Å². The van der Waals surface area contributed by atoms with Crippen LogP contribution in [0.25, 0.3) is 0 Å². The Hall–Kier alpha value is -1.88. The second-order valence-electron chi connectivity index (χ2n) is 5.34. The number of hydrogen-bond donors (Lipinski definition) is 1. The average molecular weight is 291 g/mol. The molecular weight excluding hydrogens is 269 g/mol. The maximum Gasteiger partial charge on any atom is 0.302 e. The predicted octanol–water partition coefficient (Wildman–Crippen LogP) is 3.72. The van der Waals surface area contributed by atoms with Crippen molar-refractivity contribution in [3.63, 3.8) is 0 Å². The fraction of sp³-hybridized carbons (Fsp3) is 0.438. The monoisotopic (exact) mass is 291 g/mol. The highest BCUT2D eigenvalue weighted by Gasteiger charge is 2.16. The summed E-state index contributed by atoms with van der Waals surface area (Å²) >= 11 is 0. The van der Waals surface area contributed by atoms with E-state index in [0.717, 1.165) is 12.2 Å². The van der Waals surface area contributed by atoms with Crippen LogP contribution >= 0.6 is 0 Å². The van der Waals surface area contributed by atoms with Crippen LogP contribution in [0.3, 0.4) is 0 Å². The Bertz CT molecular complexity index is 568. The fourth-order valence-corrected chi connectivity index (χ4v) is 2.07. The van der Waals surface area contributed by atoms with E-state index < -0.39 is 0 Å². The summed E-state index contributed by atoms with van der Waals surface area (Å²) in [5, 5.41) is 3.31. The van der Waals surface area contributed by atoms with Crippen molar-refractivity contribution in [2.45, 2.75) is 27.3 Å². The van der Waals surface area contributed by atoms with Crippen LogP contribution in [0, 0.1) is 11.7 Å². The molecule has 0 saturated carbocycles. The van der Waals surface area contributed by atoms with Gasteiger partial charge in [-0.3, -0.25) is 4.90 Å². The quantitative estimate of drug-likeness (QED) is 0.844. The van der Waals surface area contributed by atoms with Gasteiger partial charge in [0.25, 0.3) is 0 Å². The molecule has 0 amide bonds. The summed E-state index contributed by atoms with van der Waals surface area (Å²) in [4.78, 5) is 6.15. The summed E-state index contributed by atoms with van der Waals surface area (Å²) in [5.74, 6) is 0.305. The normalized spacial score (nSPS) is 11.1. The lowest BCUT2D eigenvalue weighted by molar-refractivity contribution is 0.537. The molecule has 4 nitrogen and oxygen atoms in total. The smallest absolute Gasteiger partial charge is 0.302 e. The summed E-state index contributed by atoms with van der Waals surface area (Å²) in [6, 6.07) is 7.05. The number of hydrogen-bond acceptors (Lipinski definition) is 4. The Morgan fingerprint density at radius 3 is 2.76 bits per heavy atom. The van der Waals surface area contributed by atoms with Gasteiger partial charge in [-0.15, -0.1) is 0 Å². The minimum absolute atomic E-state index is 0.281. The zero-order valence-electron chi connectivity index (χ0n) is 12.8. The van der Waals surface area contributed by atoms with Gasteiger partial charge in [-0.2, -0.15) is 4.98 Å². The molecule has 0 aliphatic carbocycles. The van der Waals surface area contributed by atoms with Crippen LogP contribution in [0.2, 0.25) is 0 Å². The average Bonchev–Trinajstić information content (AvgIpc) is 2.90. The molecule has 0 radical (unpaired) electrons. The summed E-state index contributed by atoms with van der Waals surface area (Å²) in [5.41, 5.74) is 1.30. The predicted molar refractivity (Wildman–Crippen MR) is 82.1 cm³/mol. The first-order valence-electron chi connectivity index (χ1n) is 7.29. The van der Waals surface area contributed by atoms with E-state index >= 15 is 0 Å². The first-order chi connectivity index (χ1) is 10.1. The summed E-state index contributed by atoms with van der Waals surface area (Å²) in [7, 11) is 0. The highest BCUT2D eigenvalue weighted by atomic mass is 19.1. The van der Waals surface area contributed by atoms with Gasteiger partial charge in [-0.05, 0) is 31.5 Å². The van der Waals surface area contributed by atoms with Crippen LogP contribution < -0.4 is 10.2 Å². The number of rotatable bonds is 7. The molecule has 0 fully saturated rings. The van der Waals surface area contributed by atoms with Gasteiger partial charge in [-0.25, -0.2) is 4.39 Å². The molecule has 1 N–H and O–H groups in total. The SMILES string of the molecule is CCN(c1nc(CNCC(C)C)co1)c1ccccc1F. The van der Waals surface area contributed by atoms with Gasteiger partial charge in [0.15, 0.2) is 0 Å². The number of halogens is 1. The van der Waals surface area contributed by atoms with Gasteiger partial charge in [0.1, 0.15) is 12.1 Å². The Balaban J connectivity index is 2.09. The van der Waals surface area contributed by atoms with Crippen molar-refractivity contribution in [1.29, 1.82) is 0 Å². The van der Waals surface area contributed by atoms with Gasteiger partial charge in [0.2, 0.25) is 0 Å². The molecule has 0 aliphatic heterocycles. The zero-order chi connectivity index (χ0) is 15.2. The summed E-state index contributed by atoms with van der Waals surface area (Å²) < 4.78 is 19.4. The van der Waals surface area contributed by atoms with Crippen molar-refractivity contribution in [1.82, 2.24) is 10.3 Å². The summed E-state index contributed by atoms with van der Waals surface area (Å²) in [6.07, 6.45) is 1.62. The molecule has 1 aromatic heterocycles. The molecule has 0 atom stereocenters. The third-order valence-electron chi connectivity index (χ3n) is 3.09. The Labute approximate surface area is 125 Å². The fourth-order valence-electron chi connectivity index (χ4n) is 2.07. The van der Waals surface area contributed by atoms with Crippen LogP contribution in [0.1, 0.15) is 26.5 Å². The van der Waals surface area contributed by atoms with Crippen molar-refractivity contribution in [2.75, 3.05) is 18.0 Å².